The van der Waals surface area contributed by atoms with Crippen LogP contribution in [0.3, 0.4) is 0 Å². The average Bonchev–Trinajstić information content (AvgIpc) is 2.43. The number of hydrogen-bond donors (Lipinski definition) is 1. The van der Waals surface area contributed by atoms with Gasteiger partial charge in [0.25, 0.3) is 5.56 Å². The number of hydrogen-bond acceptors (Lipinski definition) is 3. The molecule has 0 saturated carbocycles. The number of carbonyl (C=O) groups is 1. The predicted molar refractivity (Wildman–Crippen MR) is 74.4 cm³/mol. The summed E-state index contributed by atoms with van der Waals surface area (Å²) >= 11 is 0. The van der Waals surface area contributed by atoms with E-state index in [1.165, 1.54) is 6.08 Å². The van der Waals surface area contributed by atoms with Crippen molar-refractivity contribution in [3.8, 4) is 0 Å². The van der Waals surface area contributed by atoms with Crippen molar-refractivity contribution in [2.75, 3.05) is 6.61 Å². The molecule has 2 rings (SSSR count). The summed E-state index contributed by atoms with van der Waals surface area (Å²) in [5, 5.41) is 0.702. The lowest BCUT2D eigenvalue weighted by Gasteiger charge is -2.10. The summed E-state index contributed by atoms with van der Waals surface area (Å²) in [4.78, 5) is 26.9. The molecule has 1 aromatic heterocycles. The number of rotatable bonds is 4. The molecule has 0 saturated heterocycles. The van der Waals surface area contributed by atoms with Crippen LogP contribution in [0, 0.1) is 0 Å². The topological polar surface area (TPSA) is 59.2 Å². The number of para-hydroxylation sites is 1. The van der Waals surface area contributed by atoms with Crippen LogP contribution in [0.5, 0.6) is 0 Å². The van der Waals surface area contributed by atoms with E-state index in [1.807, 2.05) is 19.1 Å². The summed E-state index contributed by atoms with van der Waals surface area (Å²) in [5.74, 6) is -0.487. The number of aromatic nitrogens is 1. The summed E-state index contributed by atoms with van der Waals surface area (Å²) in [6.07, 6.45) is 1.97. The highest BCUT2D eigenvalue weighted by molar-refractivity contribution is 6.04. The number of aromatic amines is 1. The van der Waals surface area contributed by atoms with Crippen molar-refractivity contribution in [3.63, 3.8) is 0 Å². The molecule has 4 nitrogen and oxygen atoms in total. The summed E-state index contributed by atoms with van der Waals surface area (Å²) in [6, 6.07) is 7.20. The number of ether oxygens (including phenoxy) is 1. The van der Waals surface area contributed by atoms with Crippen LogP contribution in [0.25, 0.3) is 10.9 Å². The largest absolute Gasteiger partial charge is 0.458 e. The van der Waals surface area contributed by atoms with Gasteiger partial charge in [0.2, 0.25) is 0 Å². The summed E-state index contributed by atoms with van der Waals surface area (Å²) < 4.78 is 5.07. The number of H-pyrrole nitrogens is 1. The standard InChI is InChI=1S/C15H15NO3/c1-3-9-19-15(18)13-10(4-2)14(17)16-12-8-6-5-7-11(12)13/h3,5-8H,1,4,9H2,2H3,(H,16,17). The number of fused-ring (bicyclic) bond motifs is 1. The Morgan fingerprint density at radius 3 is 2.84 bits per heavy atom. The Bertz CT molecular complexity index is 685. The van der Waals surface area contributed by atoms with Gasteiger partial charge < -0.3 is 9.72 Å². The van der Waals surface area contributed by atoms with Crippen LogP contribution in [0.4, 0.5) is 0 Å². The van der Waals surface area contributed by atoms with Gasteiger partial charge in [-0.2, -0.15) is 0 Å². The molecule has 19 heavy (non-hydrogen) atoms. The molecule has 0 radical (unpaired) electrons. The lowest BCUT2D eigenvalue weighted by molar-refractivity contribution is 0.0550. The van der Waals surface area contributed by atoms with E-state index >= 15 is 0 Å². The van der Waals surface area contributed by atoms with Crippen LogP contribution in [0.1, 0.15) is 22.8 Å². The van der Waals surface area contributed by atoms with E-state index in [4.69, 9.17) is 4.74 Å². The molecule has 2 aromatic rings. The van der Waals surface area contributed by atoms with Crippen molar-refractivity contribution in [1.29, 1.82) is 0 Å². The van der Waals surface area contributed by atoms with Crippen molar-refractivity contribution in [2.24, 2.45) is 0 Å². The van der Waals surface area contributed by atoms with Gasteiger partial charge in [0.05, 0.1) is 5.56 Å². The van der Waals surface area contributed by atoms with Gasteiger partial charge in [0.1, 0.15) is 6.61 Å². The van der Waals surface area contributed by atoms with E-state index < -0.39 is 5.97 Å². The molecule has 0 atom stereocenters. The van der Waals surface area contributed by atoms with Crippen LogP contribution in [0.15, 0.2) is 41.7 Å². The molecule has 0 aliphatic rings. The highest BCUT2D eigenvalue weighted by Gasteiger charge is 2.18. The van der Waals surface area contributed by atoms with E-state index in [0.717, 1.165) is 0 Å². The minimum Gasteiger partial charge on any atom is -0.458 e. The van der Waals surface area contributed by atoms with Gasteiger partial charge in [-0.15, -0.1) is 0 Å². The molecule has 4 heteroatoms. The summed E-state index contributed by atoms with van der Waals surface area (Å²) in [7, 11) is 0. The third-order valence-corrected chi connectivity index (χ3v) is 2.91. The number of nitrogens with one attached hydrogen (secondary N) is 1. The normalized spacial score (nSPS) is 10.4. The van der Waals surface area contributed by atoms with E-state index in [2.05, 4.69) is 11.6 Å². The Hall–Kier alpha value is -2.36. The zero-order chi connectivity index (χ0) is 13.8. The number of carbonyl (C=O) groups excluding carboxylic acids is 1. The molecule has 0 spiro atoms. The van der Waals surface area contributed by atoms with Gasteiger partial charge in [0, 0.05) is 16.5 Å². The first-order valence-corrected chi connectivity index (χ1v) is 6.11. The molecule has 0 aliphatic heterocycles. The van der Waals surface area contributed by atoms with Gasteiger partial charge in [-0.25, -0.2) is 4.79 Å². The third-order valence-electron chi connectivity index (χ3n) is 2.91. The zero-order valence-corrected chi connectivity index (χ0v) is 10.7. The summed E-state index contributed by atoms with van der Waals surface area (Å²) in [6.45, 7) is 5.47. The zero-order valence-electron chi connectivity index (χ0n) is 10.7. The molecule has 1 N–H and O–H groups in total. The highest BCUT2D eigenvalue weighted by Crippen LogP contribution is 2.19. The van der Waals surface area contributed by atoms with Crippen LogP contribution in [0.2, 0.25) is 0 Å². The van der Waals surface area contributed by atoms with Gasteiger partial charge in [-0.1, -0.05) is 37.8 Å². The van der Waals surface area contributed by atoms with Crippen molar-refractivity contribution in [1.82, 2.24) is 4.98 Å². The van der Waals surface area contributed by atoms with Gasteiger partial charge in [-0.3, -0.25) is 4.79 Å². The summed E-state index contributed by atoms with van der Waals surface area (Å²) in [5.41, 5.74) is 1.19. The number of benzene rings is 1. The first-order valence-electron chi connectivity index (χ1n) is 6.11. The van der Waals surface area contributed by atoms with E-state index in [1.54, 1.807) is 12.1 Å². The quantitative estimate of drug-likeness (QED) is 0.676. The molecular formula is C15H15NO3. The smallest absolute Gasteiger partial charge is 0.339 e. The molecular weight excluding hydrogens is 242 g/mol. The number of pyridine rings is 1. The highest BCUT2D eigenvalue weighted by atomic mass is 16.5. The second kappa shape index (κ2) is 5.52. The van der Waals surface area contributed by atoms with Crippen molar-refractivity contribution in [2.45, 2.75) is 13.3 Å². The average molecular weight is 257 g/mol. The number of esters is 1. The Labute approximate surface area is 110 Å². The molecule has 0 amide bonds. The maximum atomic E-state index is 12.1. The fraction of sp³-hybridized carbons (Fsp3) is 0.200. The van der Waals surface area contributed by atoms with Crippen molar-refractivity contribution < 1.29 is 9.53 Å². The van der Waals surface area contributed by atoms with Crippen LogP contribution >= 0.6 is 0 Å². The van der Waals surface area contributed by atoms with Crippen molar-refractivity contribution >= 4 is 16.9 Å². The minimum atomic E-state index is -0.487. The second-order valence-corrected chi connectivity index (χ2v) is 4.09. The minimum absolute atomic E-state index is 0.128. The molecule has 0 bridgehead atoms. The first kappa shape index (κ1) is 13.1. The Morgan fingerprint density at radius 1 is 1.42 bits per heavy atom. The maximum Gasteiger partial charge on any atom is 0.339 e. The fourth-order valence-corrected chi connectivity index (χ4v) is 2.06. The third kappa shape index (κ3) is 2.42. The van der Waals surface area contributed by atoms with Crippen LogP contribution in [-0.2, 0) is 11.2 Å². The first-order chi connectivity index (χ1) is 9.19. The molecule has 0 fully saturated rings. The van der Waals surface area contributed by atoms with Crippen LogP contribution in [-0.4, -0.2) is 17.6 Å². The lowest BCUT2D eigenvalue weighted by atomic mass is 10.0. The van der Waals surface area contributed by atoms with Crippen LogP contribution < -0.4 is 5.56 Å². The lowest BCUT2D eigenvalue weighted by Crippen LogP contribution is -2.20. The Kier molecular flexibility index (Phi) is 3.80. The molecule has 0 unspecified atom stereocenters. The van der Waals surface area contributed by atoms with Gasteiger partial charge in [0.15, 0.2) is 0 Å². The van der Waals surface area contributed by atoms with E-state index in [9.17, 15) is 9.59 Å². The molecule has 0 aliphatic carbocycles. The van der Waals surface area contributed by atoms with Gasteiger partial charge >= 0.3 is 5.97 Å². The molecule has 98 valence electrons. The second-order valence-electron chi connectivity index (χ2n) is 4.09. The van der Waals surface area contributed by atoms with Gasteiger partial charge in [-0.05, 0) is 12.5 Å². The van der Waals surface area contributed by atoms with Crippen molar-refractivity contribution in [3.05, 3.63) is 58.4 Å². The van der Waals surface area contributed by atoms with E-state index in [-0.39, 0.29) is 12.2 Å². The molecule has 1 aromatic carbocycles. The monoisotopic (exact) mass is 257 g/mol. The predicted octanol–water partition coefficient (Wildman–Crippen LogP) is 2.43. The van der Waals surface area contributed by atoms with E-state index in [0.29, 0.717) is 28.5 Å². The fourth-order valence-electron chi connectivity index (χ4n) is 2.06. The Balaban J connectivity index is 2.70. The maximum absolute atomic E-state index is 12.1. The Morgan fingerprint density at radius 2 is 2.16 bits per heavy atom. The SMILES string of the molecule is C=CCOC(=O)c1c(CC)c(=O)[nH]c2ccccc12. The molecule has 1 heterocycles.